The number of methoxy groups -OCH3 is 1. The second-order valence-electron chi connectivity index (χ2n) is 7.69. The number of anilines is 2. The number of hydrogen-bond acceptors (Lipinski definition) is 5. The lowest BCUT2D eigenvalue weighted by molar-refractivity contribution is -0.140. The summed E-state index contributed by atoms with van der Waals surface area (Å²) in [5.41, 5.74) is 4.29. The number of nitrogens with zero attached hydrogens (tertiary/aromatic N) is 3. The summed E-state index contributed by atoms with van der Waals surface area (Å²) in [6.07, 6.45) is 4.23. The van der Waals surface area contributed by atoms with Crippen molar-refractivity contribution < 1.29 is 14.3 Å². The molecule has 2 saturated heterocycles. The quantitative estimate of drug-likeness (QED) is 0.405. The number of carbonyl (C=O) groups excluding carboxylic acids is 2. The molecule has 7 heteroatoms. The van der Waals surface area contributed by atoms with Gasteiger partial charge in [-0.1, -0.05) is 24.3 Å². The van der Waals surface area contributed by atoms with Gasteiger partial charge in [-0.3, -0.25) is 14.5 Å². The van der Waals surface area contributed by atoms with E-state index in [1.54, 1.807) is 11.0 Å². The van der Waals surface area contributed by atoms with Crippen molar-refractivity contribution in [2.75, 3.05) is 36.5 Å². The molecule has 0 atom stereocenters. The Bertz CT molecular complexity index is 1050. The van der Waals surface area contributed by atoms with E-state index in [2.05, 4.69) is 24.0 Å². The fourth-order valence-electron chi connectivity index (χ4n) is 4.07. The molecule has 2 fully saturated rings. The summed E-state index contributed by atoms with van der Waals surface area (Å²) in [7, 11) is 1.32. The highest BCUT2D eigenvalue weighted by molar-refractivity contribution is 7.80. The van der Waals surface area contributed by atoms with Crippen LogP contribution in [0.3, 0.4) is 0 Å². The third-order valence-corrected chi connectivity index (χ3v) is 6.04. The minimum Gasteiger partial charge on any atom is -0.468 e. The van der Waals surface area contributed by atoms with E-state index in [1.165, 1.54) is 30.5 Å². The smallest absolute Gasteiger partial charge is 0.325 e. The Hall–Kier alpha value is -3.19. The van der Waals surface area contributed by atoms with E-state index in [1.807, 2.05) is 36.4 Å². The SMILES string of the molecule is COC(=O)CN1C(=S)N(c2ccccc2)C(=O)/C1=C/c1ccc(N2CCCC2)c(C)c1. The van der Waals surface area contributed by atoms with Crippen LogP contribution >= 0.6 is 12.2 Å². The Labute approximate surface area is 187 Å². The van der Waals surface area contributed by atoms with Crippen LogP contribution in [-0.2, 0) is 14.3 Å². The zero-order valence-corrected chi connectivity index (χ0v) is 18.5. The Morgan fingerprint density at radius 2 is 1.84 bits per heavy atom. The zero-order valence-electron chi connectivity index (χ0n) is 17.7. The highest BCUT2D eigenvalue weighted by atomic mass is 32.1. The molecule has 31 heavy (non-hydrogen) atoms. The highest BCUT2D eigenvalue weighted by Crippen LogP contribution is 2.30. The van der Waals surface area contributed by atoms with Gasteiger partial charge >= 0.3 is 5.97 Å². The number of thiocarbonyl (C=S) groups is 1. The van der Waals surface area contributed by atoms with Gasteiger partial charge in [-0.05, 0) is 73.5 Å². The maximum atomic E-state index is 13.3. The molecular formula is C24H25N3O3S. The molecule has 0 aliphatic carbocycles. The standard InChI is InChI=1S/C24H25N3O3S/c1-17-14-18(10-11-20(17)25-12-6-7-13-25)15-21-23(29)27(19-8-4-3-5-9-19)24(31)26(21)16-22(28)30-2/h3-5,8-11,14-15H,6-7,12-13,16H2,1-2H3/b21-15-. The third kappa shape index (κ3) is 4.18. The maximum absolute atomic E-state index is 13.3. The minimum absolute atomic E-state index is 0.124. The molecule has 0 saturated carbocycles. The Morgan fingerprint density at radius 3 is 2.48 bits per heavy atom. The monoisotopic (exact) mass is 435 g/mol. The van der Waals surface area contributed by atoms with Crippen LogP contribution < -0.4 is 9.80 Å². The molecular weight excluding hydrogens is 410 g/mol. The lowest BCUT2D eigenvalue weighted by Gasteiger charge is -2.20. The van der Waals surface area contributed by atoms with Crippen LogP contribution in [0.15, 0.2) is 54.2 Å². The van der Waals surface area contributed by atoms with Crippen LogP contribution in [0.4, 0.5) is 11.4 Å². The molecule has 0 spiro atoms. The van der Waals surface area contributed by atoms with E-state index in [4.69, 9.17) is 17.0 Å². The number of esters is 1. The molecule has 2 aliphatic rings. The molecule has 2 aromatic rings. The maximum Gasteiger partial charge on any atom is 0.325 e. The normalized spacial score (nSPS) is 17.7. The predicted octanol–water partition coefficient (Wildman–Crippen LogP) is 3.74. The molecule has 2 aliphatic heterocycles. The first kappa shape index (κ1) is 21.1. The molecule has 0 radical (unpaired) electrons. The Balaban J connectivity index is 1.70. The second-order valence-corrected chi connectivity index (χ2v) is 8.06. The number of carbonyl (C=O) groups is 2. The van der Waals surface area contributed by atoms with Crippen LogP contribution in [0.5, 0.6) is 0 Å². The van der Waals surface area contributed by atoms with Crippen molar-refractivity contribution in [3.8, 4) is 0 Å². The largest absolute Gasteiger partial charge is 0.468 e. The number of rotatable bonds is 5. The summed E-state index contributed by atoms with van der Waals surface area (Å²) >= 11 is 5.58. The number of para-hydroxylation sites is 1. The first-order valence-electron chi connectivity index (χ1n) is 10.3. The van der Waals surface area contributed by atoms with E-state index >= 15 is 0 Å². The van der Waals surface area contributed by atoms with Crippen LogP contribution in [0.2, 0.25) is 0 Å². The fraction of sp³-hybridized carbons (Fsp3) is 0.292. The summed E-state index contributed by atoms with van der Waals surface area (Å²) in [5.74, 6) is -0.724. The van der Waals surface area contributed by atoms with Crippen LogP contribution in [0.1, 0.15) is 24.0 Å². The molecule has 0 N–H and O–H groups in total. The minimum atomic E-state index is -0.462. The van der Waals surface area contributed by atoms with Gasteiger partial charge in [-0.15, -0.1) is 0 Å². The Kier molecular flexibility index (Phi) is 6.04. The lowest BCUT2D eigenvalue weighted by Crippen LogP contribution is -2.35. The first-order chi connectivity index (χ1) is 15.0. The third-order valence-electron chi connectivity index (χ3n) is 5.64. The Morgan fingerprint density at radius 1 is 1.13 bits per heavy atom. The first-order valence-corrected chi connectivity index (χ1v) is 10.8. The fourth-order valence-corrected chi connectivity index (χ4v) is 4.42. The summed E-state index contributed by atoms with van der Waals surface area (Å²) in [6, 6.07) is 15.4. The van der Waals surface area contributed by atoms with Gasteiger partial charge in [0.05, 0.1) is 12.8 Å². The summed E-state index contributed by atoms with van der Waals surface area (Å²) in [4.78, 5) is 30.7. The van der Waals surface area contributed by atoms with Crippen molar-refractivity contribution in [1.29, 1.82) is 0 Å². The van der Waals surface area contributed by atoms with Crippen molar-refractivity contribution >= 4 is 46.7 Å². The van der Waals surface area contributed by atoms with Gasteiger partial charge in [0, 0.05) is 18.8 Å². The van der Waals surface area contributed by atoms with Crippen molar-refractivity contribution in [3.05, 3.63) is 65.4 Å². The van der Waals surface area contributed by atoms with Gasteiger partial charge in [0.25, 0.3) is 5.91 Å². The highest BCUT2D eigenvalue weighted by Gasteiger charge is 2.40. The molecule has 0 aromatic heterocycles. The van der Waals surface area contributed by atoms with Gasteiger partial charge < -0.3 is 14.5 Å². The summed E-state index contributed by atoms with van der Waals surface area (Å²) < 4.78 is 4.82. The van der Waals surface area contributed by atoms with E-state index in [-0.39, 0.29) is 17.6 Å². The van der Waals surface area contributed by atoms with Gasteiger partial charge in [0.1, 0.15) is 12.2 Å². The van der Waals surface area contributed by atoms with Gasteiger partial charge in [0.15, 0.2) is 5.11 Å². The average Bonchev–Trinajstić information content (AvgIpc) is 3.38. The summed E-state index contributed by atoms with van der Waals surface area (Å²) in [6.45, 7) is 4.11. The summed E-state index contributed by atoms with van der Waals surface area (Å²) in [5, 5.41) is 0.262. The van der Waals surface area contributed by atoms with Gasteiger partial charge in [-0.25, -0.2) is 0 Å². The van der Waals surface area contributed by atoms with Crippen molar-refractivity contribution in [3.63, 3.8) is 0 Å². The number of ether oxygens (including phenoxy) is 1. The van der Waals surface area contributed by atoms with Crippen LogP contribution in [0.25, 0.3) is 6.08 Å². The van der Waals surface area contributed by atoms with Crippen LogP contribution in [0, 0.1) is 6.92 Å². The number of aryl methyl sites for hydroxylation is 1. The van der Waals surface area contributed by atoms with Crippen molar-refractivity contribution in [1.82, 2.24) is 4.90 Å². The average molecular weight is 436 g/mol. The topological polar surface area (TPSA) is 53.1 Å². The van der Waals surface area contributed by atoms with E-state index in [0.29, 0.717) is 11.4 Å². The van der Waals surface area contributed by atoms with E-state index in [9.17, 15) is 9.59 Å². The zero-order chi connectivity index (χ0) is 22.0. The van der Waals surface area contributed by atoms with Gasteiger partial charge in [0.2, 0.25) is 0 Å². The lowest BCUT2D eigenvalue weighted by atomic mass is 10.1. The van der Waals surface area contributed by atoms with E-state index in [0.717, 1.165) is 24.2 Å². The molecule has 0 bridgehead atoms. The molecule has 160 valence electrons. The second kappa shape index (κ2) is 8.89. The van der Waals surface area contributed by atoms with Crippen molar-refractivity contribution in [2.45, 2.75) is 19.8 Å². The molecule has 4 rings (SSSR count). The number of amides is 1. The molecule has 0 unspecified atom stereocenters. The van der Waals surface area contributed by atoms with E-state index < -0.39 is 5.97 Å². The number of benzene rings is 2. The molecule has 1 amide bonds. The van der Waals surface area contributed by atoms with Gasteiger partial charge in [-0.2, -0.15) is 0 Å². The molecule has 2 heterocycles. The predicted molar refractivity (Wildman–Crippen MR) is 126 cm³/mol. The van der Waals surface area contributed by atoms with Crippen molar-refractivity contribution in [2.24, 2.45) is 0 Å². The molecule has 6 nitrogen and oxygen atoms in total. The van der Waals surface area contributed by atoms with Crippen LogP contribution in [-0.4, -0.2) is 48.6 Å². The molecule has 2 aromatic carbocycles. The number of hydrogen-bond donors (Lipinski definition) is 0.